The number of carbonyl (C=O) groups is 4. The molecule has 1 aromatic heterocycles. The van der Waals surface area contributed by atoms with E-state index in [1.54, 1.807) is 18.2 Å². The molecular formula is C33H30FN3O6. The van der Waals surface area contributed by atoms with Crippen LogP contribution in [0, 0.1) is 5.82 Å². The normalized spacial score (nSPS) is 12.8. The van der Waals surface area contributed by atoms with E-state index < -0.39 is 29.0 Å². The molecule has 43 heavy (non-hydrogen) atoms. The van der Waals surface area contributed by atoms with Gasteiger partial charge in [0, 0.05) is 47.5 Å². The number of fused-ring (bicyclic) bond motifs is 3. The molecule has 2 heterocycles. The van der Waals surface area contributed by atoms with Crippen molar-refractivity contribution in [2.24, 2.45) is 0 Å². The molecule has 3 N–H and O–H groups in total. The van der Waals surface area contributed by atoms with E-state index in [1.807, 2.05) is 32.9 Å². The van der Waals surface area contributed by atoms with Crippen LogP contribution in [0.15, 0.2) is 66.4 Å². The first-order valence-electron chi connectivity index (χ1n) is 13.5. The van der Waals surface area contributed by atoms with Gasteiger partial charge in [-0.15, -0.1) is 0 Å². The van der Waals surface area contributed by atoms with Crippen molar-refractivity contribution < 1.29 is 33.0 Å². The van der Waals surface area contributed by atoms with Gasteiger partial charge in [-0.3, -0.25) is 14.4 Å². The Morgan fingerprint density at radius 2 is 1.70 bits per heavy atom. The maximum atomic E-state index is 13.8. The lowest BCUT2D eigenvalue weighted by molar-refractivity contribution is -0.135. The number of likely N-dealkylation sites (N-methyl/N-ethyl adjacent to an activating group) is 1. The van der Waals surface area contributed by atoms with Crippen molar-refractivity contribution in [3.8, 4) is 16.9 Å². The van der Waals surface area contributed by atoms with Crippen LogP contribution in [0.25, 0.3) is 27.8 Å². The number of H-pyrrole nitrogens is 1. The summed E-state index contributed by atoms with van der Waals surface area (Å²) in [7, 11) is 2.61. The zero-order valence-electron chi connectivity index (χ0n) is 24.3. The Labute approximate surface area is 247 Å². The molecule has 0 atom stereocenters. The topological polar surface area (TPSA) is 127 Å². The van der Waals surface area contributed by atoms with Crippen molar-refractivity contribution in [2.45, 2.75) is 32.7 Å². The molecule has 3 aromatic carbocycles. The van der Waals surface area contributed by atoms with Crippen molar-refractivity contribution in [3.63, 3.8) is 0 Å². The van der Waals surface area contributed by atoms with Crippen LogP contribution in [0.4, 0.5) is 4.39 Å². The minimum atomic E-state index is -1.06. The maximum Gasteiger partial charge on any atom is 0.379 e. The molecule has 0 fully saturated rings. The smallest absolute Gasteiger partial charge is 0.379 e. The number of ether oxygens (including phenoxy) is 2. The van der Waals surface area contributed by atoms with Crippen molar-refractivity contribution in [1.82, 2.24) is 15.6 Å². The van der Waals surface area contributed by atoms with Gasteiger partial charge in [-0.05, 0) is 68.8 Å². The van der Waals surface area contributed by atoms with E-state index in [2.05, 4.69) is 15.6 Å². The predicted molar refractivity (Wildman–Crippen MR) is 159 cm³/mol. The predicted octanol–water partition coefficient (Wildman–Crippen LogP) is 4.95. The quantitative estimate of drug-likeness (QED) is 0.168. The fourth-order valence-corrected chi connectivity index (χ4v) is 5.05. The molecule has 0 spiro atoms. The fraction of sp³-hybridized carbons (Fsp3) is 0.212. The molecule has 0 aliphatic carbocycles. The van der Waals surface area contributed by atoms with Crippen LogP contribution in [0.2, 0.25) is 0 Å². The number of methoxy groups -OCH3 is 1. The molecule has 0 saturated heterocycles. The number of halogens is 1. The van der Waals surface area contributed by atoms with Gasteiger partial charge in [0.25, 0.3) is 17.6 Å². The molecule has 1 aliphatic rings. The number of aromatic amines is 1. The van der Waals surface area contributed by atoms with E-state index in [0.29, 0.717) is 44.3 Å². The molecule has 5 rings (SSSR count). The van der Waals surface area contributed by atoms with Crippen LogP contribution in [-0.2, 0) is 20.7 Å². The molecule has 4 aromatic rings. The summed E-state index contributed by atoms with van der Waals surface area (Å²) in [5.41, 5.74) is 3.06. The molecule has 220 valence electrons. The number of rotatable bonds is 6. The van der Waals surface area contributed by atoms with Crippen molar-refractivity contribution in [1.29, 1.82) is 0 Å². The second-order valence-electron chi connectivity index (χ2n) is 11.1. The summed E-state index contributed by atoms with van der Waals surface area (Å²) in [6, 6.07) is 14.3. The lowest BCUT2D eigenvalue weighted by Gasteiger charge is -2.25. The van der Waals surface area contributed by atoms with Crippen molar-refractivity contribution in [3.05, 3.63) is 94.4 Å². The zero-order valence-corrected chi connectivity index (χ0v) is 24.3. The van der Waals surface area contributed by atoms with E-state index >= 15 is 0 Å². The number of hydrogen-bond donors (Lipinski definition) is 3. The van der Waals surface area contributed by atoms with Crippen LogP contribution < -0.4 is 15.4 Å². The highest BCUT2D eigenvalue weighted by Gasteiger charge is 2.32. The summed E-state index contributed by atoms with van der Waals surface area (Å²) in [6.45, 7) is 5.66. The summed E-state index contributed by atoms with van der Waals surface area (Å²) in [5.74, 6) is -2.60. The molecule has 2 amide bonds. The third-order valence-corrected chi connectivity index (χ3v) is 6.98. The Morgan fingerprint density at radius 3 is 2.35 bits per heavy atom. The molecular weight excluding hydrogens is 553 g/mol. The van der Waals surface area contributed by atoms with Gasteiger partial charge in [-0.2, -0.15) is 0 Å². The first kappa shape index (κ1) is 29.2. The molecule has 9 nitrogen and oxygen atoms in total. The summed E-state index contributed by atoms with van der Waals surface area (Å²) in [4.78, 5) is 54.6. The Hall–Kier alpha value is -5.25. The van der Waals surface area contributed by atoms with Crippen LogP contribution in [0.5, 0.6) is 5.75 Å². The number of ketones is 1. The Balaban J connectivity index is 1.75. The van der Waals surface area contributed by atoms with Gasteiger partial charge in [0.05, 0.1) is 29.1 Å². The fourth-order valence-electron chi connectivity index (χ4n) is 5.05. The standard InChI is InChI=1S/C33H30FN3O6/c1-33(2,3)37-30(39)19-8-6-7-18(13-19)22-14-20-15-23(31(40)35-4)28(17-9-11-21(34)12-10-17)43-29(20)25-24(16-36-26(22)25)27(38)32(41)42-5/h6-14,16,36H,15H2,1-5H3,(H,35,40)(H,37,39). The van der Waals surface area contributed by atoms with E-state index in [4.69, 9.17) is 9.47 Å². The van der Waals surface area contributed by atoms with Crippen LogP contribution >= 0.6 is 0 Å². The van der Waals surface area contributed by atoms with E-state index in [9.17, 15) is 23.6 Å². The Kier molecular flexibility index (Phi) is 7.62. The van der Waals surface area contributed by atoms with Gasteiger partial charge in [0.1, 0.15) is 17.3 Å². The summed E-state index contributed by atoms with van der Waals surface area (Å²) in [5, 5.41) is 5.89. The van der Waals surface area contributed by atoms with Gasteiger partial charge < -0.3 is 25.1 Å². The van der Waals surface area contributed by atoms with Gasteiger partial charge in [-0.1, -0.05) is 12.1 Å². The van der Waals surface area contributed by atoms with Gasteiger partial charge >= 0.3 is 5.97 Å². The van der Waals surface area contributed by atoms with Crippen molar-refractivity contribution >= 4 is 40.2 Å². The molecule has 10 heteroatoms. The van der Waals surface area contributed by atoms with Gasteiger partial charge in [0.2, 0.25) is 0 Å². The van der Waals surface area contributed by atoms with E-state index in [0.717, 1.165) is 7.11 Å². The maximum absolute atomic E-state index is 13.8. The summed E-state index contributed by atoms with van der Waals surface area (Å²) in [6.07, 6.45) is 1.51. The lowest BCUT2D eigenvalue weighted by atomic mass is 9.90. The molecule has 1 aliphatic heterocycles. The second-order valence-corrected chi connectivity index (χ2v) is 11.1. The van der Waals surface area contributed by atoms with Crippen LogP contribution in [-0.4, -0.2) is 48.2 Å². The van der Waals surface area contributed by atoms with Crippen molar-refractivity contribution in [2.75, 3.05) is 14.2 Å². The molecule has 0 radical (unpaired) electrons. The number of nitrogens with one attached hydrogen (secondary N) is 3. The highest BCUT2D eigenvalue weighted by atomic mass is 19.1. The summed E-state index contributed by atoms with van der Waals surface area (Å²) < 4.78 is 24.8. The van der Waals surface area contributed by atoms with Gasteiger partial charge in [-0.25, -0.2) is 9.18 Å². The lowest BCUT2D eigenvalue weighted by Crippen LogP contribution is -2.40. The zero-order chi connectivity index (χ0) is 31.1. The number of amides is 2. The van der Waals surface area contributed by atoms with E-state index in [-0.39, 0.29) is 29.4 Å². The third kappa shape index (κ3) is 5.63. The molecule has 0 unspecified atom stereocenters. The first-order chi connectivity index (χ1) is 20.4. The van der Waals surface area contributed by atoms with E-state index in [1.165, 1.54) is 37.5 Å². The monoisotopic (exact) mass is 583 g/mol. The molecule has 0 bridgehead atoms. The number of carbonyl (C=O) groups excluding carboxylic acids is 4. The highest BCUT2D eigenvalue weighted by molar-refractivity contribution is 6.43. The average Bonchev–Trinajstić information content (AvgIpc) is 3.44. The minimum absolute atomic E-state index is 0.0171. The van der Waals surface area contributed by atoms with Crippen LogP contribution in [0.3, 0.4) is 0 Å². The Bertz CT molecular complexity index is 1830. The number of esters is 1. The largest absolute Gasteiger partial charge is 0.463 e. The van der Waals surface area contributed by atoms with Gasteiger partial charge in [0.15, 0.2) is 0 Å². The number of aromatic nitrogens is 1. The average molecular weight is 584 g/mol. The first-order valence-corrected chi connectivity index (χ1v) is 13.5. The Morgan fingerprint density at radius 1 is 0.977 bits per heavy atom. The van der Waals surface area contributed by atoms with Crippen LogP contribution in [0.1, 0.15) is 52.6 Å². The third-order valence-electron chi connectivity index (χ3n) is 6.98. The highest BCUT2D eigenvalue weighted by Crippen LogP contribution is 2.45. The minimum Gasteiger partial charge on any atom is -0.463 e. The number of hydrogen-bond acceptors (Lipinski definition) is 6. The number of benzene rings is 3. The second kappa shape index (κ2) is 11.2. The summed E-state index contributed by atoms with van der Waals surface area (Å²) >= 11 is 0. The SMILES string of the molecule is CNC(=O)C1=C(c2ccc(F)cc2)Oc2c(cc(-c3cccc(C(=O)NC(C)(C)C)c3)c3[nH]cc(C(=O)C(=O)OC)c23)C1. The number of Topliss-reactive ketones (excluding diaryl/α,β-unsaturated/α-hetero) is 1. The molecule has 0 saturated carbocycles.